The van der Waals surface area contributed by atoms with Gasteiger partial charge in [0, 0.05) is 19.3 Å². The Labute approximate surface area is 412 Å². The first-order valence-corrected chi connectivity index (χ1v) is 27.6. The van der Waals surface area contributed by atoms with Crippen molar-refractivity contribution in [2.45, 2.75) is 213 Å². The maximum atomic E-state index is 12.8. The van der Waals surface area contributed by atoms with Gasteiger partial charge in [-0.25, -0.2) is 4.57 Å². The molecule has 0 fully saturated rings. The summed E-state index contributed by atoms with van der Waals surface area (Å²) >= 11 is 0. The Morgan fingerprint density at radius 1 is 0.426 bits per heavy atom. The Kier molecular flexibility index (Phi) is 47.2. The fraction of sp³-hybridized carbons (Fsp3) is 0.661. The van der Waals surface area contributed by atoms with Gasteiger partial charge in [-0.1, -0.05) is 182 Å². The lowest BCUT2D eigenvalue weighted by Gasteiger charge is -2.21. The molecule has 2 N–H and O–H groups in total. The molecule has 11 nitrogen and oxygen atoms in total. The van der Waals surface area contributed by atoms with E-state index in [1.165, 1.54) is 25.7 Å². The smallest absolute Gasteiger partial charge is 0.462 e. The van der Waals surface area contributed by atoms with Crippen LogP contribution >= 0.6 is 7.82 Å². The van der Waals surface area contributed by atoms with Crippen molar-refractivity contribution >= 4 is 25.7 Å². The average molecular weight is 973 g/mol. The van der Waals surface area contributed by atoms with Crippen LogP contribution in [-0.4, -0.2) is 66.5 Å². The largest absolute Gasteiger partial charge is 0.472 e. The van der Waals surface area contributed by atoms with E-state index in [1.807, 2.05) is 12.2 Å². The van der Waals surface area contributed by atoms with Crippen LogP contribution in [0.5, 0.6) is 0 Å². The molecule has 0 saturated heterocycles. The Morgan fingerprint density at radius 3 is 1.24 bits per heavy atom. The molecule has 0 aliphatic heterocycles. The number of phosphoric ester groups is 1. The maximum Gasteiger partial charge on any atom is 0.472 e. The van der Waals surface area contributed by atoms with Crippen molar-refractivity contribution in [2.24, 2.45) is 0 Å². The number of esters is 3. The van der Waals surface area contributed by atoms with Crippen LogP contribution in [0, 0.1) is 0 Å². The van der Waals surface area contributed by atoms with Gasteiger partial charge in [0.2, 0.25) is 0 Å². The third-order valence-corrected chi connectivity index (χ3v) is 11.4. The zero-order chi connectivity index (χ0) is 49.9. The van der Waals surface area contributed by atoms with E-state index >= 15 is 0 Å². The highest BCUT2D eigenvalue weighted by Gasteiger charge is 2.28. The SMILES string of the molecule is CC/C=C\C/C=C\C/C=C\C/C=C\C/C=C\C/C=C\CCC(=O)OCC(COP(=O)(O)OCC(CO)OC(=O)CCCCCCC/C=C\CCCC)OC(=O)CCCCCCC/C=C\CCCC. The highest BCUT2D eigenvalue weighted by atomic mass is 31.2. The van der Waals surface area contributed by atoms with Crippen LogP contribution in [0.15, 0.2) is 97.2 Å². The molecule has 0 amide bonds. The summed E-state index contributed by atoms with van der Waals surface area (Å²) in [6, 6.07) is 0. The molecular weight excluding hydrogens is 880 g/mol. The van der Waals surface area contributed by atoms with Crippen molar-refractivity contribution in [1.29, 1.82) is 0 Å². The van der Waals surface area contributed by atoms with E-state index in [-0.39, 0.29) is 25.9 Å². The van der Waals surface area contributed by atoms with Crippen LogP contribution in [0.25, 0.3) is 0 Å². The van der Waals surface area contributed by atoms with Gasteiger partial charge in [-0.05, 0) is 96.3 Å². The van der Waals surface area contributed by atoms with E-state index in [1.54, 1.807) is 0 Å². The Bertz CT molecular complexity index is 1510. The van der Waals surface area contributed by atoms with Crippen LogP contribution < -0.4 is 0 Å². The third-order valence-electron chi connectivity index (χ3n) is 10.5. The number of carbonyl (C=O) groups excluding carboxylic acids is 3. The predicted molar refractivity (Wildman–Crippen MR) is 279 cm³/mol. The molecular formula is C56H93O11P. The molecule has 68 heavy (non-hydrogen) atoms. The first kappa shape index (κ1) is 64.4. The van der Waals surface area contributed by atoms with Crippen molar-refractivity contribution in [3.8, 4) is 0 Å². The second kappa shape index (κ2) is 49.8. The topological polar surface area (TPSA) is 155 Å². The molecule has 0 aliphatic carbocycles. The molecule has 12 heteroatoms. The molecule has 0 aromatic heterocycles. The number of ether oxygens (including phenoxy) is 3. The summed E-state index contributed by atoms with van der Waals surface area (Å²) in [5.41, 5.74) is 0. The fourth-order valence-electron chi connectivity index (χ4n) is 6.46. The van der Waals surface area contributed by atoms with Gasteiger partial charge in [0.1, 0.15) is 12.7 Å². The Balaban J connectivity index is 4.84. The first-order chi connectivity index (χ1) is 33.2. The van der Waals surface area contributed by atoms with Crippen molar-refractivity contribution < 1.29 is 52.2 Å². The minimum absolute atomic E-state index is 0.0954. The van der Waals surface area contributed by atoms with Gasteiger partial charge in [-0.15, -0.1) is 0 Å². The summed E-state index contributed by atoms with van der Waals surface area (Å²) in [6.07, 6.45) is 56.8. The van der Waals surface area contributed by atoms with Gasteiger partial charge >= 0.3 is 25.7 Å². The monoisotopic (exact) mass is 973 g/mol. The fourth-order valence-corrected chi connectivity index (χ4v) is 7.24. The molecule has 0 spiro atoms. The summed E-state index contributed by atoms with van der Waals surface area (Å²) < 4.78 is 39.2. The molecule has 0 rings (SSSR count). The summed E-state index contributed by atoms with van der Waals surface area (Å²) in [5.74, 6) is -1.60. The van der Waals surface area contributed by atoms with E-state index in [4.69, 9.17) is 23.3 Å². The molecule has 0 saturated carbocycles. The minimum Gasteiger partial charge on any atom is -0.462 e. The summed E-state index contributed by atoms with van der Waals surface area (Å²) in [6.45, 7) is 4.31. The molecule has 3 atom stereocenters. The number of allylic oxidation sites excluding steroid dienone is 16. The van der Waals surface area contributed by atoms with E-state index < -0.39 is 57.8 Å². The van der Waals surface area contributed by atoms with E-state index in [0.29, 0.717) is 19.3 Å². The number of unbranched alkanes of at least 4 members (excludes halogenated alkanes) is 14. The number of hydrogen-bond donors (Lipinski definition) is 2. The summed E-state index contributed by atoms with van der Waals surface area (Å²) in [7, 11) is -4.76. The lowest BCUT2D eigenvalue weighted by Crippen LogP contribution is -2.30. The number of hydrogen-bond acceptors (Lipinski definition) is 10. The Morgan fingerprint density at radius 2 is 0.794 bits per heavy atom. The number of aliphatic hydroxyl groups is 1. The van der Waals surface area contributed by atoms with Crippen LogP contribution in [0.4, 0.5) is 0 Å². The van der Waals surface area contributed by atoms with Crippen LogP contribution in [-0.2, 0) is 42.2 Å². The third kappa shape index (κ3) is 47.5. The van der Waals surface area contributed by atoms with Crippen molar-refractivity contribution in [1.82, 2.24) is 0 Å². The lowest BCUT2D eigenvalue weighted by atomic mass is 10.1. The number of phosphoric acid groups is 1. The summed E-state index contributed by atoms with van der Waals surface area (Å²) in [4.78, 5) is 48.2. The quantitative estimate of drug-likeness (QED) is 0.0197. The van der Waals surface area contributed by atoms with Crippen molar-refractivity contribution in [3.63, 3.8) is 0 Å². The molecule has 0 aliphatic rings. The molecule has 0 radical (unpaired) electrons. The average Bonchev–Trinajstić information content (AvgIpc) is 3.32. The summed E-state index contributed by atoms with van der Waals surface area (Å²) in [5, 5.41) is 9.75. The number of carbonyl (C=O) groups is 3. The highest BCUT2D eigenvalue weighted by Crippen LogP contribution is 2.43. The highest BCUT2D eigenvalue weighted by molar-refractivity contribution is 7.47. The van der Waals surface area contributed by atoms with Gasteiger partial charge in [0.15, 0.2) is 6.10 Å². The van der Waals surface area contributed by atoms with E-state index in [2.05, 4.69) is 106 Å². The zero-order valence-corrected chi connectivity index (χ0v) is 43.4. The zero-order valence-electron chi connectivity index (χ0n) is 42.5. The molecule has 0 aromatic rings. The van der Waals surface area contributed by atoms with Crippen LogP contribution in [0.2, 0.25) is 0 Å². The number of rotatable bonds is 47. The van der Waals surface area contributed by atoms with E-state index in [0.717, 1.165) is 116 Å². The van der Waals surface area contributed by atoms with Gasteiger partial charge in [0.05, 0.1) is 19.8 Å². The molecule has 0 heterocycles. The van der Waals surface area contributed by atoms with Gasteiger partial charge in [0.25, 0.3) is 0 Å². The Hall–Kier alpha value is -3.60. The number of aliphatic hydroxyl groups excluding tert-OH is 1. The lowest BCUT2D eigenvalue weighted by molar-refractivity contribution is -0.161. The first-order valence-electron chi connectivity index (χ1n) is 26.1. The van der Waals surface area contributed by atoms with Crippen LogP contribution in [0.3, 0.4) is 0 Å². The molecule has 0 aromatic carbocycles. The van der Waals surface area contributed by atoms with Gasteiger partial charge < -0.3 is 24.2 Å². The molecule has 3 unspecified atom stereocenters. The van der Waals surface area contributed by atoms with Gasteiger partial charge in [-0.2, -0.15) is 0 Å². The second-order valence-electron chi connectivity index (χ2n) is 16.9. The standard InChI is InChI=1S/C56H93O11P/c1-4-7-10-13-16-19-22-23-24-25-26-27-28-29-32-33-36-39-42-45-54(58)63-49-53(67-56(60)47-44-41-38-35-31-21-18-15-12-9-6-3)51-65-68(61,62)64-50-52(48-57)66-55(59)46-43-40-37-34-30-20-17-14-11-8-5-2/h7,10,14-19,23-24,26-27,29,32,36,39,52-53,57H,4-6,8-9,11-13,20-22,25,28,30-31,33-35,37-38,40-51H2,1-3H3,(H,61,62)/b10-7-,17-14-,18-15-,19-16-,24-23-,27-26-,32-29-,39-36-. The van der Waals surface area contributed by atoms with E-state index in [9.17, 15) is 28.9 Å². The normalized spacial score (nSPS) is 14.2. The minimum atomic E-state index is -4.76. The van der Waals surface area contributed by atoms with Gasteiger partial charge in [-0.3, -0.25) is 23.4 Å². The molecule has 0 bridgehead atoms. The molecule has 388 valence electrons. The predicted octanol–water partition coefficient (Wildman–Crippen LogP) is 14.9. The second-order valence-corrected chi connectivity index (χ2v) is 18.4. The maximum absolute atomic E-state index is 12.8. The van der Waals surface area contributed by atoms with Crippen molar-refractivity contribution in [2.75, 3.05) is 26.4 Å². The van der Waals surface area contributed by atoms with Crippen molar-refractivity contribution in [3.05, 3.63) is 97.2 Å². The van der Waals surface area contributed by atoms with Crippen LogP contribution in [0.1, 0.15) is 201 Å².